The van der Waals surface area contributed by atoms with Crippen molar-refractivity contribution < 1.29 is 9.90 Å². The van der Waals surface area contributed by atoms with Crippen LogP contribution in [0.3, 0.4) is 0 Å². The molecule has 0 radical (unpaired) electrons. The molecule has 0 fully saturated rings. The van der Waals surface area contributed by atoms with Crippen LogP contribution >= 0.6 is 11.5 Å². The van der Waals surface area contributed by atoms with Gasteiger partial charge in [-0.25, -0.2) is 9.17 Å². The Hall–Kier alpha value is -1.72. The predicted octanol–water partition coefficient (Wildman–Crippen LogP) is 2.48. The molecule has 0 saturated heterocycles. The van der Waals surface area contributed by atoms with E-state index in [1.807, 2.05) is 18.3 Å². The molecule has 100 valence electrons. The normalized spacial score (nSPS) is 10.6. The quantitative estimate of drug-likeness (QED) is 0.796. The molecule has 1 aromatic heterocycles. The Bertz CT molecular complexity index is 549. The standard InChI is InChI=1S/C14H16N2O2S/c1-10-8-16-19-13(10)9-15-7-6-11-2-4-12(5-3-11)14(17)18/h2-5,8,15H,6-7,9H2,1H3,(H,17,18). The van der Waals surface area contributed by atoms with Crippen LogP contribution in [-0.4, -0.2) is 22.0 Å². The lowest BCUT2D eigenvalue weighted by atomic mass is 10.1. The van der Waals surface area contributed by atoms with E-state index >= 15 is 0 Å². The Morgan fingerprint density at radius 2 is 2.11 bits per heavy atom. The lowest BCUT2D eigenvalue weighted by Gasteiger charge is -2.04. The van der Waals surface area contributed by atoms with Gasteiger partial charge in [0.15, 0.2) is 0 Å². The number of carboxylic acid groups (broad SMARTS) is 1. The fourth-order valence-corrected chi connectivity index (χ4v) is 2.43. The Morgan fingerprint density at radius 1 is 1.37 bits per heavy atom. The molecule has 2 N–H and O–H groups in total. The molecule has 0 aliphatic carbocycles. The average Bonchev–Trinajstić information content (AvgIpc) is 2.81. The van der Waals surface area contributed by atoms with Crippen LogP contribution in [0.5, 0.6) is 0 Å². The van der Waals surface area contributed by atoms with Gasteiger partial charge in [-0.15, -0.1) is 0 Å². The van der Waals surface area contributed by atoms with E-state index < -0.39 is 5.97 Å². The third kappa shape index (κ3) is 3.87. The zero-order valence-corrected chi connectivity index (χ0v) is 11.5. The number of aromatic carboxylic acids is 1. The molecular weight excluding hydrogens is 260 g/mol. The van der Waals surface area contributed by atoms with Gasteiger partial charge in [-0.2, -0.15) is 0 Å². The monoisotopic (exact) mass is 276 g/mol. The van der Waals surface area contributed by atoms with Gasteiger partial charge < -0.3 is 10.4 Å². The number of hydrogen-bond acceptors (Lipinski definition) is 4. The fourth-order valence-electron chi connectivity index (χ4n) is 1.73. The van der Waals surface area contributed by atoms with Gasteiger partial charge in [0.05, 0.1) is 5.56 Å². The van der Waals surface area contributed by atoms with E-state index in [0.29, 0.717) is 5.56 Å². The van der Waals surface area contributed by atoms with Crippen LogP contribution in [0, 0.1) is 6.92 Å². The molecule has 0 aliphatic rings. The number of aryl methyl sites for hydroxylation is 1. The summed E-state index contributed by atoms with van der Waals surface area (Å²) < 4.78 is 4.13. The first-order valence-electron chi connectivity index (χ1n) is 6.10. The third-order valence-electron chi connectivity index (χ3n) is 2.93. The number of hydrogen-bond donors (Lipinski definition) is 2. The highest BCUT2D eigenvalue weighted by Gasteiger charge is 2.02. The topological polar surface area (TPSA) is 62.2 Å². The molecule has 1 aromatic carbocycles. The van der Waals surface area contributed by atoms with Crippen LogP contribution in [0.25, 0.3) is 0 Å². The molecule has 0 unspecified atom stereocenters. The predicted molar refractivity (Wildman–Crippen MR) is 75.7 cm³/mol. The highest BCUT2D eigenvalue weighted by atomic mass is 32.1. The zero-order chi connectivity index (χ0) is 13.7. The van der Waals surface area contributed by atoms with E-state index in [4.69, 9.17) is 5.11 Å². The lowest BCUT2D eigenvalue weighted by Crippen LogP contribution is -2.16. The van der Waals surface area contributed by atoms with Gasteiger partial charge in [-0.1, -0.05) is 12.1 Å². The van der Waals surface area contributed by atoms with Crippen LogP contribution in [-0.2, 0) is 13.0 Å². The van der Waals surface area contributed by atoms with Crippen molar-refractivity contribution in [1.82, 2.24) is 9.69 Å². The molecule has 5 heteroatoms. The van der Waals surface area contributed by atoms with Crippen LogP contribution in [0.4, 0.5) is 0 Å². The molecule has 2 rings (SSSR count). The molecule has 0 spiro atoms. The van der Waals surface area contributed by atoms with Gasteiger partial charge in [0.25, 0.3) is 0 Å². The highest BCUT2D eigenvalue weighted by molar-refractivity contribution is 7.05. The van der Waals surface area contributed by atoms with Gasteiger partial charge >= 0.3 is 5.97 Å². The minimum absolute atomic E-state index is 0.331. The summed E-state index contributed by atoms with van der Waals surface area (Å²) in [4.78, 5) is 12.0. The molecule has 2 aromatic rings. The minimum Gasteiger partial charge on any atom is -0.478 e. The number of benzene rings is 1. The zero-order valence-electron chi connectivity index (χ0n) is 10.7. The largest absolute Gasteiger partial charge is 0.478 e. The number of carbonyl (C=O) groups is 1. The van der Waals surface area contributed by atoms with Crippen molar-refractivity contribution in [1.29, 1.82) is 0 Å². The van der Waals surface area contributed by atoms with Crippen molar-refractivity contribution in [2.75, 3.05) is 6.54 Å². The third-order valence-corrected chi connectivity index (χ3v) is 3.82. The molecule has 0 amide bonds. The van der Waals surface area contributed by atoms with Crippen molar-refractivity contribution in [2.45, 2.75) is 19.9 Å². The smallest absolute Gasteiger partial charge is 0.335 e. The summed E-state index contributed by atoms with van der Waals surface area (Å²) in [6.07, 6.45) is 2.77. The summed E-state index contributed by atoms with van der Waals surface area (Å²) in [5, 5.41) is 12.2. The second kappa shape index (κ2) is 6.45. The number of carboxylic acids is 1. The molecule has 0 saturated carbocycles. The van der Waals surface area contributed by atoms with Crippen molar-refractivity contribution in [3.8, 4) is 0 Å². The molecule has 0 aliphatic heterocycles. The molecule has 0 bridgehead atoms. The van der Waals surface area contributed by atoms with Gasteiger partial charge in [0.2, 0.25) is 0 Å². The van der Waals surface area contributed by atoms with E-state index in [0.717, 1.165) is 25.1 Å². The number of nitrogens with zero attached hydrogens (tertiary/aromatic N) is 1. The lowest BCUT2D eigenvalue weighted by molar-refractivity contribution is 0.0697. The summed E-state index contributed by atoms with van der Waals surface area (Å²) in [6, 6.07) is 7.02. The summed E-state index contributed by atoms with van der Waals surface area (Å²) in [5.41, 5.74) is 2.69. The SMILES string of the molecule is Cc1cnsc1CNCCc1ccc(C(=O)O)cc1. The Labute approximate surface area is 116 Å². The highest BCUT2D eigenvalue weighted by Crippen LogP contribution is 2.11. The van der Waals surface area contributed by atoms with Gasteiger partial charge in [0.1, 0.15) is 0 Å². The molecule has 4 nitrogen and oxygen atoms in total. The Balaban J connectivity index is 1.76. The fraction of sp³-hybridized carbons (Fsp3) is 0.286. The Morgan fingerprint density at radius 3 is 2.68 bits per heavy atom. The van der Waals surface area contributed by atoms with Crippen molar-refractivity contribution in [2.24, 2.45) is 0 Å². The first kappa shape index (κ1) is 13.7. The van der Waals surface area contributed by atoms with Crippen molar-refractivity contribution in [3.63, 3.8) is 0 Å². The van der Waals surface area contributed by atoms with Crippen LogP contribution in [0.1, 0.15) is 26.4 Å². The van der Waals surface area contributed by atoms with E-state index in [-0.39, 0.29) is 0 Å². The average molecular weight is 276 g/mol. The number of nitrogens with one attached hydrogen (secondary N) is 1. The Kier molecular flexibility index (Phi) is 4.65. The number of rotatable bonds is 6. The van der Waals surface area contributed by atoms with Crippen molar-refractivity contribution >= 4 is 17.5 Å². The second-order valence-corrected chi connectivity index (χ2v) is 5.25. The molecule has 19 heavy (non-hydrogen) atoms. The van der Waals surface area contributed by atoms with Crippen LogP contribution in [0.2, 0.25) is 0 Å². The number of aromatic nitrogens is 1. The van der Waals surface area contributed by atoms with Gasteiger partial charge in [0, 0.05) is 17.6 Å². The van der Waals surface area contributed by atoms with Gasteiger partial charge in [-0.3, -0.25) is 0 Å². The van der Waals surface area contributed by atoms with E-state index in [2.05, 4.69) is 16.6 Å². The maximum absolute atomic E-state index is 10.7. The van der Waals surface area contributed by atoms with E-state index in [9.17, 15) is 4.79 Å². The molecule has 1 heterocycles. The maximum Gasteiger partial charge on any atom is 0.335 e. The van der Waals surface area contributed by atoms with E-state index in [1.54, 1.807) is 12.1 Å². The summed E-state index contributed by atoms with van der Waals surface area (Å²) in [6.45, 7) is 3.76. The molecular formula is C14H16N2O2S. The minimum atomic E-state index is -0.884. The maximum atomic E-state index is 10.7. The van der Waals surface area contributed by atoms with Crippen LogP contribution < -0.4 is 5.32 Å². The summed E-state index contributed by atoms with van der Waals surface area (Å²) >= 11 is 1.52. The second-order valence-electron chi connectivity index (χ2n) is 4.36. The summed E-state index contributed by atoms with van der Waals surface area (Å²) in [7, 11) is 0. The van der Waals surface area contributed by atoms with Crippen LogP contribution in [0.15, 0.2) is 30.5 Å². The van der Waals surface area contributed by atoms with Gasteiger partial charge in [-0.05, 0) is 54.7 Å². The van der Waals surface area contributed by atoms with E-state index in [1.165, 1.54) is 22.0 Å². The molecule has 0 atom stereocenters. The first-order chi connectivity index (χ1) is 9.16. The van der Waals surface area contributed by atoms with Crippen molar-refractivity contribution in [3.05, 3.63) is 52.0 Å². The first-order valence-corrected chi connectivity index (χ1v) is 6.87. The summed E-state index contributed by atoms with van der Waals surface area (Å²) in [5.74, 6) is -0.884.